The van der Waals surface area contributed by atoms with Crippen LogP contribution in [0.5, 0.6) is 5.75 Å². The summed E-state index contributed by atoms with van der Waals surface area (Å²) in [6.07, 6.45) is -1.64. The van der Waals surface area contributed by atoms with Crippen LogP contribution in [0.25, 0.3) is 10.6 Å². The monoisotopic (exact) mass is 450 g/mol. The number of hydrogen-bond acceptors (Lipinski definition) is 7. The van der Waals surface area contributed by atoms with Crippen LogP contribution in [0.15, 0.2) is 12.3 Å². The third-order valence-electron chi connectivity index (χ3n) is 4.68. The number of methoxy groups -OCH3 is 1. The molecule has 1 N–H and O–H groups in total. The van der Waals surface area contributed by atoms with Gasteiger partial charge in [0.05, 0.1) is 23.9 Å². The van der Waals surface area contributed by atoms with Crippen molar-refractivity contribution in [3.63, 3.8) is 0 Å². The van der Waals surface area contributed by atoms with E-state index >= 15 is 0 Å². The Hall–Kier alpha value is -1.92. The lowest BCUT2D eigenvalue weighted by molar-refractivity contribution is -0.137. The van der Waals surface area contributed by atoms with E-state index < -0.39 is 21.8 Å². The van der Waals surface area contributed by atoms with Gasteiger partial charge in [0.2, 0.25) is 16.0 Å². The minimum Gasteiger partial charge on any atom is -0.496 e. The maximum absolute atomic E-state index is 13.5. The number of anilines is 1. The number of alkyl halides is 3. The van der Waals surface area contributed by atoms with Gasteiger partial charge < -0.3 is 10.1 Å². The predicted molar refractivity (Wildman–Crippen MR) is 105 cm³/mol. The van der Waals surface area contributed by atoms with Crippen molar-refractivity contribution in [3.05, 3.63) is 22.7 Å². The van der Waals surface area contributed by atoms with Gasteiger partial charge in [0.1, 0.15) is 11.3 Å². The Labute approximate surface area is 171 Å². The normalized spacial score (nSPS) is 16.8. The number of aromatic nitrogens is 2. The molecule has 1 fully saturated rings. The minimum atomic E-state index is -4.60. The maximum Gasteiger partial charge on any atom is 0.420 e. The van der Waals surface area contributed by atoms with Crippen molar-refractivity contribution in [3.8, 4) is 16.3 Å². The Morgan fingerprint density at radius 3 is 2.48 bits per heavy atom. The van der Waals surface area contributed by atoms with E-state index in [2.05, 4.69) is 15.3 Å². The molecule has 7 nitrogen and oxygen atoms in total. The first-order valence-electron chi connectivity index (χ1n) is 8.79. The van der Waals surface area contributed by atoms with Gasteiger partial charge >= 0.3 is 6.18 Å². The maximum atomic E-state index is 13.5. The van der Waals surface area contributed by atoms with Gasteiger partial charge in [-0.1, -0.05) is 0 Å². The van der Waals surface area contributed by atoms with Crippen molar-refractivity contribution >= 4 is 27.3 Å². The summed E-state index contributed by atoms with van der Waals surface area (Å²) < 4.78 is 70.2. The smallest absolute Gasteiger partial charge is 0.420 e. The number of halogens is 3. The summed E-state index contributed by atoms with van der Waals surface area (Å²) in [5.74, 6) is 0.579. The molecule has 160 valence electrons. The van der Waals surface area contributed by atoms with E-state index in [0.717, 1.165) is 28.7 Å². The molecule has 0 spiro atoms. The third-order valence-corrected chi connectivity index (χ3v) is 7.02. The summed E-state index contributed by atoms with van der Waals surface area (Å²) in [5.41, 5.74) is -1.13. The number of nitrogens with one attached hydrogen (secondary N) is 1. The van der Waals surface area contributed by atoms with Crippen molar-refractivity contribution < 1.29 is 26.3 Å². The van der Waals surface area contributed by atoms with Crippen LogP contribution >= 0.6 is 11.3 Å². The number of thiophene rings is 1. The minimum absolute atomic E-state index is 0.0795. The molecule has 0 unspecified atom stereocenters. The molecule has 0 aromatic carbocycles. The van der Waals surface area contributed by atoms with Gasteiger partial charge in [-0.3, -0.25) is 0 Å². The molecule has 0 saturated carbocycles. The van der Waals surface area contributed by atoms with E-state index in [0.29, 0.717) is 36.6 Å². The second kappa shape index (κ2) is 8.07. The second-order valence-corrected chi connectivity index (χ2v) is 10.0. The average Bonchev–Trinajstić information content (AvgIpc) is 3.01. The lowest BCUT2D eigenvalue weighted by atomic mass is 10.1. The largest absolute Gasteiger partial charge is 0.496 e. The fourth-order valence-electron chi connectivity index (χ4n) is 3.15. The summed E-state index contributed by atoms with van der Waals surface area (Å²) in [4.78, 5) is 9.07. The van der Waals surface area contributed by atoms with Crippen molar-refractivity contribution in [2.24, 2.45) is 0 Å². The highest BCUT2D eigenvalue weighted by Gasteiger charge is 2.36. The Balaban J connectivity index is 1.86. The lowest BCUT2D eigenvalue weighted by Gasteiger charge is -2.30. The highest BCUT2D eigenvalue weighted by molar-refractivity contribution is 7.88. The highest BCUT2D eigenvalue weighted by Crippen LogP contribution is 2.41. The number of hydrogen-bond donors (Lipinski definition) is 1. The molecule has 1 aliphatic rings. The first kappa shape index (κ1) is 21.8. The molecule has 0 amide bonds. The molecule has 2 aromatic rings. The number of aryl methyl sites for hydroxylation is 1. The quantitative estimate of drug-likeness (QED) is 0.752. The zero-order valence-electron chi connectivity index (χ0n) is 16.1. The number of rotatable bonds is 5. The Morgan fingerprint density at radius 1 is 1.31 bits per heavy atom. The molecule has 3 heterocycles. The van der Waals surface area contributed by atoms with E-state index in [4.69, 9.17) is 4.74 Å². The SMILES string of the molecule is COc1cc(-c2nc(NC3CCN(S(C)(=O)=O)CC3)ncc2C(F)(F)F)sc1C. The van der Waals surface area contributed by atoms with Crippen LogP contribution in [0.1, 0.15) is 23.3 Å². The van der Waals surface area contributed by atoms with E-state index in [1.165, 1.54) is 17.5 Å². The van der Waals surface area contributed by atoms with Crippen LogP contribution < -0.4 is 10.1 Å². The predicted octanol–water partition coefficient (Wildman–Crippen LogP) is 3.38. The molecule has 1 saturated heterocycles. The number of nitrogens with zero attached hydrogens (tertiary/aromatic N) is 3. The molecule has 0 atom stereocenters. The van der Waals surface area contributed by atoms with Gasteiger partial charge in [-0.15, -0.1) is 11.3 Å². The fraction of sp³-hybridized carbons (Fsp3) is 0.529. The summed E-state index contributed by atoms with van der Waals surface area (Å²) in [6.45, 7) is 2.44. The summed E-state index contributed by atoms with van der Waals surface area (Å²) >= 11 is 1.16. The fourth-order valence-corrected chi connectivity index (χ4v) is 5.01. The summed E-state index contributed by atoms with van der Waals surface area (Å²) in [7, 11) is -1.79. The van der Waals surface area contributed by atoms with Crippen LogP contribution in [-0.2, 0) is 16.2 Å². The molecule has 1 aliphatic heterocycles. The molecule has 12 heteroatoms. The average molecular weight is 451 g/mol. The summed E-state index contributed by atoms with van der Waals surface area (Å²) in [5, 5.41) is 3.04. The van der Waals surface area contributed by atoms with Crippen molar-refractivity contribution in [2.45, 2.75) is 32.0 Å². The van der Waals surface area contributed by atoms with Gasteiger partial charge in [0, 0.05) is 36.3 Å². The molecular formula is C17H21F3N4O3S2. The number of sulfonamides is 1. The van der Waals surface area contributed by atoms with E-state index in [1.807, 2.05) is 0 Å². The zero-order valence-corrected chi connectivity index (χ0v) is 17.7. The molecule has 29 heavy (non-hydrogen) atoms. The van der Waals surface area contributed by atoms with E-state index in [1.54, 1.807) is 6.92 Å². The first-order valence-corrected chi connectivity index (χ1v) is 11.5. The molecule has 2 aromatic heterocycles. The topological polar surface area (TPSA) is 84.4 Å². The molecular weight excluding hydrogens is 429 g/mol. The van der Waals surface area contributed by atoms with Crippen molar-refractivity contribution in [1.29, 1.82) is 0 Å². The molecule has 0 aliphatic carbocycles. The van der Waals surface area contributed by atoms with Gasteiger partial charge in [-0.25, -0.2) is 22.7 Å². The molecule has 3 rings (SSSR count). The first-order chi connectivity index (χ1) is 13.5. The van der Waals surface area contributed by atoms with Crippen LogP contribution in [0.2, 0.25) is 0 Å². The van der Waals surface area contributed by atoms with Gasteiger partial charge in [0.15, 0.2) is 0 Å². The Bertz CT molecular complexity index is 984. The van der Waals surface area contributed by atoms with E-state index in [-0.39, 0.29) is 17.7 Å². The van der Waals surface area contributed by atoms with Crippen LogP contribution in [0.4, 0.5) is 19.1 Å². The Morgan fingerprint density at radius 2 is 1.97 bits per heavy atom. The van der Waals surface area contributed by atoms with E-state index in [9.17, 15) is 21.6 Å². The van der Waals surface area contributed by atoms with Crippen LogP contribution in [-0.4, -0.2) is 55.2 Å². The van der Waals surface area contributed by atoms with Gasteiger partial charge in [-0.2, -0.15) is 13.2 Å². The summed E-state index contributed by atoms with van der Waals surface area (Å²) in [6, 6.07) is 1.41. The zero-order chi connectivity index (χ0) is 21.4. The number of piperidine rings is 1. The Kier molecular flexibility index (Phi) is 6.06. The molecule has 0 radical (unpaired) electrons. The second-order valence-electron chi connectivity index (χ2n) is 6.77. The third kappa shape index (κ3) is 4.98. The molecule has 0 bridgehead atoms. The van der Waals surface area contributed by atoms with Crippen molar-refractivity contribution in [1.82, 2.24) is 14.3 Å². The van der Waals surface area contributed by atoms with Gasteiger partial charge in [0.25, 0.3) is 0 Å². The number of ether oxygens (including phenoxy) is 1. The van der Waals surface area contributed by atoms with Gasteiger partial charge in [-0.05, 0) is 19.8 Å². The standard InChI is InChI=1S/C17H21F3N4O3S2/c1-10-13(27-2)8-14(28-10)15-12(17(18,19)20)9-21-16(23-15)22-11-4-6-24(7-5-11)29(3,25)26/h8-9,11H,4-7H2,1-3H3,(H,21,22,23). The highest BCUT2D eigenvalue weighted by atomic mass is 32.2. The van der Waals surface area contributed by atoms with Crippen LogP contribution in [0, 0.1) is 6.92 Å². The van der Waals surface area contributed by atoms with Crippen LogP contribution in [0.3, 0.4) is 0 Å². The lowest BCUT2D eigenvalue weighted by Crippen LogP contribution is -2.42. The van der Waals surface area contributed by atoms with Crippen molar-refractivity contribution in [2.75, 3.05) is 31.8 Å².